The van der Waals surface area contributed by atoms with Gasteiger partial charge < -0.3 is 28.8 Å². The van der Waals surface area contributed by atoms with E-state index in [4.69, 9.17) is 18.9 Å². The second kappa shape index (κ2) is 19.0. The minimum absolute atomic E-state index is 0.0544. The molecular formula is C42H42BrF3N2O10. The Kier molecular flexibility index (Phi) is 14.4. The van der Waals surface area contributed by atoms with Crippen molar-refractivity contribution in [1.82, 2.24) is 9.97 Å². The van der Waals surface area contributed by atoms with E-state index in [2.05, 4.69) is 30.6 Å². The number of rotatable bonds is 10. The van der Waals surface area contributed by atoms with E-state index in [1.54, 1.807) is 13.8 Å². The van der Waals surface area contributed by atoms with Crippen molar-refractivity contribution in [3.63, 3.8) is 0 Å². The van der Waals surface area contributed by atoms with Crippen molar-refractivity contribution in [3.8, 4) is 22.3 Å². The van der Waals surface area contributed by atoms with Gasteiger partial charge in [0.1, 0.15) is 13.2 Å². The number of carboxylic acids is 1. The average Bonchev–Trinajstić information content (AvgIpc) is 3.90. The van der Waals surface area contributed by atoms with Crippen LogP contribution >= 0.6 is 15.9 Å². The van der Waals surface area contributed by atoms with Gasteiger partial charge in [-0.3, -0.25) is 9.97 Å². The number of ether oxygens (including phenoxy) is 5. The van der Waals surface area contributed by atoms with Gasteiger partial charge in [-0.15, -0.1) is 0 Å². The number of pyridine rings is 2. The lowest BCUT2D eigenvalue weighted by Crippen LogP contribution is -2.23. The van der Waals surface area contributed by atoms with Gasteiger partial charge in [-0.1, -0.05) is 40.2 Å². The van der Waals surface area contributed by atoms with E-state index in [-0.39, 0.29) is 70.2 Å². The van der Waals surface area contributed by atoms with Crippen LogP contribution in [0.1, 0.15) is 95.5 Å². The van der Waals surface area contributed by atoms with E-state index in [9.17, 15) is 37.5 Å². The van der Waals surface area contributed by atoms with Gasteiger partial charge in [0.05, 0.1) is 69.9 Å². The predicted molar refractivity (Wildman–Crippen MR) is 208 cm³/mol. The molecule has 6 rings (SSSR count). The van der Waals surface area contributed by atoms with Gasteiger partial charge in [0.25, 0.3) is 0 Å². The Morgan fingerprint density at radius 3 is 1.60 bits per heavy atom. The summed E-state index contributed by atoms with van der Waals surface area (Å²) in [6, 6.07) is 11.6. The van der Waals surface area contributed by atoms with E-state index in [0.717, 1.165) is 55.5 Å². The number of nitrogens with zero attached hydrogens (tertiary/aromatic N) is 2. The van der Waals surface area contributed by atoms with Crippen molar-refractivity contribution >= 4 is 39.8 Å². The number of alkyl halides is 3. The first-order valence-electron chi connectivity index (χ1n) is 18.4. The number of carbonyl (C=O) groups is 4. The molecule has 4 heterocycles. The van der Waals surface area contributed by atoms with Gasteiger partial charge in [-0.05, 0) is 88.8 Å². The number of hydrogen-bond acceptors (Lipinski definition) is 11. The van der Waals surface area contributed by atoms with Crippen LogP contribution in [0, 0.1) is 27.7 Å². The smallest absolute Gasteiger partial charge is 0.416 e. The Bertz CT molecular complexity index is 2140. The van der Waals surface area contributed by atoms with Gasteiger partial charge in [-0.25, -0.2) is 19.2 Å². The lowest BCUT2D eigenvalue weighted by molar-refractivity contribution is -0.137. The van der Waals surface area contributed by atoms with Crippen LogP contribution in [0.5, 0.6) is 0 Å². The molecular weight excluding hydrogens is 829 g/mol. The number of halogens is 4. The third kappa shape index (κ3) is 10.3. The van der Waals surface area contributed by atoms with E-state index < -0.39 is 35.6 Å². The van der Waals surface area contributed by atoms with Gasteiger partial charge in [0.15, 0.2) is 0 Å². The zero-order valence-corrected chi connectivity index (χ0v) is 34.0. The maximum atomic E-state index is 13.3. The molecule has 2 aliphatic rings. The number of aromatic carboxylic acids is 1. The monoisotopic (exact) mass is 870 g/mol. The van der Waals surface area contributed by atoms with E-state index in [1.165, 1.54) is 19.9 Å². The summed E-state index contributed by atoms with van der Waals surface area (Å²) in [4.78, 5) is 58.8. The van der Waals surface area contributed by atoms with Crippen LogP contribution in [0.25, 0.3) is 22.3 Å². The highest BCUT2D eigenvalue weighted by Gasteiger charge is 2.33. The van der Waals surface area contributed by atoms with E-state index >= 15 is 0 Å². The van der Waals surface area contributed by atoms with Crippen molar-refractivity contribution in [2.45, 2.75) is 71.8 Å². The Balaban J connectivity index is 0.000000230. The molecule has 0 spiro atoms. The molecule has 2 fully saturated rings. The molecule has 0 aliphatic carbocycles. The average molecular weight is 872 g/mol. The molecule has 2 aromatic heterocycles. The second-order valence-electron chi connectivity index (χ2n) is 13.7. The summed E-state index contributed by atoms with van der Waals surface area (Å²) in [7, 11) is 1.10. The standard InChI is InChI=1S/C25H28BrNO6.C17H14F3NO4/c1-15-21(24(28)32-13-19-8-4-10-30-19)23(17-6-3-7-18(26)12-17)22(16(2)27-15)25(29)33-14-20-9-5-11-31-20;1-8-12(15(22)23)14(13(9(2)21-8)16(24)25-3)10-5-4-6-11(7-10)17(18,19)20/h3,6-7,12,19-20H,4-5,8-11,13-14H2,1-2H3;4-7H,1-3H3,(H,22,23). The molecule has 0 amide bonds. The lowest BCUT2D eigenvalue weighted by Gasteiger charge is -2.19. The SMILES string of the molecule is COC(=O)c1c(C)nc(C)c(C(=O)O)c1-c1cccc(C(F)(F)F)c1.Cc1nc(C)c(C(=O)OCC2CCCO2)c(-c2cccc(Br)c2)c1C(=O)OCC1CCCO1. The summed E-state index contributed by atoms with van der Waals surface area (Å²) < 4.78 is 66.9. The number of benzene rings is 2. The molecule has 58 heavy (non-hydrogen) atoms. The van der Waals surface area contributed by atoms with Crippen LogP contribution in [0.3, 0.4) is 0 Å². The normalized spacial score (nSPS) is 16.3. The molecule has 4 aromatic rings. The van der Waals surface area contributed by atoms with Crippen LogP contribution in [-0.2, 0) is 29.9 Å². The third-order valence-electron chi connectivity index (χ3n) is 9.57. The lowest BCUT2D eigenvalue weighted by atomic mass is 9.91. The molecule has 0 saturated carbocycles. The number of hydrogen-bond donors (Lipinski definition) is 1. The molecule has 2 aromatic carbocycles. The molecule has 2 aliphatic heterocycles. The highest BCUT2D eigenvalue weighted by atomic mass is 79.9. The molecule has 1 N–H and O–H groups in total. The van der Waals surface area contributed by atoms with Gasteiger partial charge in [0.2, 0.25) is 0 Å². The zero-order valence-electron chi connectivity index (χ0n) is 32.5. The number of aromatic nitrogens is 2. The zero-order chi connectivity index (χ0) is 42.3. The Morgan fingerprint density at radius 2 is 1.17 bits per heavy atom. The fraction of sp³-hybridized carbons (Fsp3) is 0.381. The molecule has 2 atom stereocenters. The van der Waals surface area contributed by atoms with Crippen LogP contribution in [0.4, 0.5) is 13.2 Å². The topological polar surface area (TPSA) is 160 Å². The first kappa shape index (κ1) is 43.9. The number of esters is 3. The maximum absolute atomic E-state index is 13.3. The number of carbonyl (C=O) groups excluding carboxylic acids is 3. The molecule has 0 bridgehead atoms. The first-order valence-corrected chi connectivity index (χ1v) is 19.2. The summed E-state index contributed by atoms with van der Waals surface area (Å²) in [5.74, 6) is -3.33. The Hall–Kier alpha value is -5.19. The highest BCUT2D eigenvalue weighted by Crippen LogP contribution is 2.37. The first-order chi connectivity index (χ1) is 27.5. The van der Waals surface area contributed by atoms with Crippen LogP contribution in [-0.4, -0.2) is 84.7 Å². The molecule has 16 heteroatoms. The summed E-state index contributed by atoms with van der Waals surface area (Å²) >= 11 is 3.49. The van der Waals surface area contributed by atoms with Crippen molar-refractivity contribution in [2.75, 3.05) is 33.5 Å². The second-order valence-corrected chi connectivity index (χ2v) is 14.6. The number of methoxy groups -OCH3 is 1. The number of aryl methyl sites for hydroxylation is 4. The molecule has 12 nitrogen and oxygen atoms in total. The van der Waals surface area contributed by atoms with Crippen molar-refractivity contribution in [2.24, 2.45) is 0 Å². The fourth-order valence-electron chi connectivity index (χ4n) is 6.92. The van der Waals surface area contributed by atoms with Crippen LogP contribution < -0.4 is 0 Å². The number of carboxylic acid groups (broad SMARTS) is 1. The molecule has 2 saturated heterocycles. The minimum atomic E-state index is -4.61. The Labute approximate surface area is 341 Å². The quantitative estimate of drug-likeness (QED) is 0.120. The van der Waals surface area contributed by atoms with Crippen molar-refractivity contribution in [1.29, 1.82) is 0 Å². The third-order valence-corrected chi connectivity index (χ3v) is 10.1. The molecule has 308 valence electrons. The molecule has 2 unspecified atom stereocenters. The Morgan fingerprint density at radius 1 is 0.724 bits per heavy atom. The van der Waals surface area contributed by atoms with E-state index in [0.29, 0.717) is 35.7 Å². The highest BCUT2D eigenvalue weighted by molar-refractivity contribution is 9.10. The van der Waals surface area contributed by atoms with Crippen LogP contribution in [0.15, 0.2) is 53.0 Å². The largest absolute Gasteiger partial charge is 0.478 e. The fourth-order valence-corrected chi connectivity index (χ4v) is 7.32. The van der Waals surface area contributed by atoms with Crippen molar-refractivity contribution < 1.29 is 61.1 Å². The van der Waals surface area contributed by atoms with Gasteiger partial charge in [0, 0.05) is 28.8 Å². The summed E-state index contributed by atoms with van der Waals surface area (Å²) in [5.41, 5.74) is 1.28. The predicted octanol–water partition coefficient (Wildman–Crippen LogP) is 8.67. The summed E-state index contributed by atoms with van der Waals surface area (Å²) in [6.45, 7) is 8.06. The maximum Gasteiger partial charge on any atom is 0.416 e. The summed E-state index contributed by atoms with van der Waals surface area (Å²) in [6.07, 6.45) is -1.18. The van der Waals surface area contributed by atoms with Crippen LogP contribution in [0.2, 0.25) is 0 Å². The van der Waals surface area contributed by atoms with Gasteiger partial charge >= 0.3 is 30.1 Å². The van der Waals surface area contributed by atoms with E-state index in [1.807, 2.05) is 24.3 Å². The molecule has 0 radical (unpaired) electrons. The summed E-state index contributed by atoms with van der Waals surface area (Å²) in [5, 5.41) is 9.49. The van der Waals surface area contributed by atoms with Crippen molar-refractivity contribution in [3.05, 3.63) is 104 Å². The van der Waals surface area contributed by atoms with Gasteiger partial charge in [-0.2, -0.15) is 13.2 Å². The minimum Gasteiger partial charge on any atom is -0.478 e.